The molecule has 0 unspecified atom stereocenters. The molecule has 2 aromatic carbocycles. The number of aryl methyl sites for hydroxylation is 1. The van der Waals surface area contributed by atoms with Gasteiger partial charge in [0.1, 0.15) is 11.8 Å². The summed E-state index contributed by atoms with van der Waals surface area (Å²) in [7, 11) is 2.15. The number of rotatable bonds is 10. The van der Waals surface area contributed by atoms with Gasteiger partial charge in [0.2, 0.25) is 0 Å². The number of nitrogens with zero attached hydrogens (tertiary/aromatic N) is 7. The van der Waals surface area contributed by atoms with Crippen molar-refractivity contribution >= 4 is 39.7 Å². The molecule has 1 saturated heterocycles. The molecule has 1 aliphatic heterocycles. The first kappa shape index (κ1) is 27.7. The number of fused-ring (bicyclic) bond motifs is 2. The molecule has 5 aromatic rings. The minimum Gasteiger partial charge on any atom is -0.449 e. The number of nitrogens with one attached hydrogen (secondary N) is 2. The molecular weight excluding hydrogens is 530 g/mol. The predicted octanol–water partition coefficient (Wildman–Crippen LogP) is 4.62. The van der Waals surface area contributed by atoms with Gasteiger partial charge in [0.05, 0.1) is 36.7 Å². The summed E-state index contributed by atoms with van der Waals surface area (Å²) in [6.45, 7) is 8.35. The van der Waals surface area contributed by atoms with Gasteiger partial charge in [-0.2, -0.15) is 10.2 Å². The SMILES string of the molecule is CCc1c(NC(=O)OCCCN2CCN(C)CC2)cn2ncnc(Nc3ccc4c(cnn4Cc4ccccc4)c3)c12. The standard InChI is InChI=1S/C31H37N9O2/c1-3-26-27(36-31(41)42-17-7-12-38-15-13-37(2)14-16-38)21-40-29(26)30(32-22-34-40)35-25-10-11-28-24(18-25)19-33-39(28)20-23-8-5-4-6-9-23/h4-6,8-11,18-19,21-22H,3,7,12-17,20H2,1-2H3,(H,36,41)(H,32,34,35). The molecule has 0 saturated carbocycles. The molecule has 4 heterocycles. The van der Waals surface area contributed by atoms with Crippen LogP contribution in [0.1, 0.15) is 24.5 Å². The van der Waals surface area contributed by atoms with Crippen LogP contribution in [0.5, 0.6) is 0 Å². The Hall–Kier alpha value is -4.48. The molecule has 0 atom stereocenters. The summed E-state index contributed by atoms with van der Waals surface area (Å²) >= 11 is 0. The maximum Gasteiger partial charge on any atom is 0.411 e. The maximum atomic E-state index is 12.6. The van der Waals surface area contributed by atoms with E-state index in [1.165, 1.54) is 11.9 Å². The lowest BCUT2D eigenvalue weighted by atomic mass is 10.2. The molecule has 3 aromatic heterocycles. The van der Waals surface area contributed by atoms with E-state index in [4.69, 9.17) is 4.74 Å². The molecule has 0 aliphatic carbocycles. The second-order valence-corrected chi connectivity index (χ2v) is 10.7. The van der Waals surface area contributed by atoms with Crippen molar-refractivity contribution in [2.75, 3.05) is 57.0 Å². The van der Waals surface area contributed by atoms with E-state index in [-0.39, 0.29) is 0 Å². The monoisotopic (exact) mass is 567 g/mol. The van der Waals surface area contributed by atoms with Gasteiger partial charge in [-0.3, -0.25) is 10.00 Å². The molecule has 1 aliphatic rings. The van der Waals surface area contributed by atoms with Gasteiger partial charge < -0.3 is 19.9 Å². The zero-order valence-electron chi connectivity index (χ0n) is 24.2. The van der Waals surface area contributed by atoms with Crippen molar-refractivity contribution in [3.05, 3.63) is 78.4 Å². The first-order valence-electron chi connectivity index (χ1n) is 14.5. The first-order chi connectivity index (χ1) is 20.6. The second kappa shape index (κ2) is 12.6. The molecular formula is C31H37N9O2. The predicted molar refractivity (Wildman–Crippen MR) is 164 cm³/mol. The fourth-order valence-electron chi connectivity index (χ4n) is 5.48. The average Bonchev–Trinajstić information content (AvgIpc) is 3.57. The highest BCUT2D eigenvalue weighted by Crippen LogP contribution is 2.30. The number of benzene rings is 2. The highest BCUT2D eigenvalue weighted by molar-refractivity contribution is 5.91. The van der Waals surface area contributed by atoms with Gasteiger partial charge in [-0.15, -0.1) is 0 Å². The van der Waals surface area contributed by atoms with E-state index in [2.05, 4.69) is 66.9 Å². The van der Waals surface area contributed by atoms with E-state index >= 15 is 0 Å². The van der Waals surface area contributed by atoms with Crippen LogP contribution in [0.2, 0.25) is 0 Å². The topological polar surface area (TPSA) is 105 Å². The van der Waals surface area contributed by atoms with E-state index in [9.17, 15) is 4.79 Å². The van der Waals surface area contributed by atoms with Gasteiger partial charge in [0.15, 0.2) is 5.82 Å². The molecule has 1 amide bonds. The number of aromatic nitrogens is 5. The fraction of sp³-hybridized carbons (Fsp3) is 0.355. The lowest BCUT2D eigenvalue weighted by Crippen LogP contribution is -2.44. The number of amides is 1. The highest BCUT2D eigenvalue weighted by atomic mass is 16.5. The Morgan fingerprint density at radius 1 is 1.05 bits per heavy atom. The Morgan fingerprint density at radius 2 is 1.88 bits per heavy atom. The Balaban J connectivity index is 1.12. The van der Waals surface area contributed by atoms with Crippen LogP contribution in [0.4, 0.5) is 22.0 Å². The number of likely N-dealkylation sites (N-methyl/N-ethyl adjacent to an activating group) is 1. The molecule has 11 nitrogen and oxygen atoms in total. The molecule has 2 N–H and O–H groups in total. The Bertz CT molecular complexity index is 1660. The minimum atomic E-state index is -0.459. The average molecular weight is 568 g/mol. The van der Waals surface area contributed by atoms with E-state index in [0.717, 1.165) is 66.8 Å². The number of piperazine rings is 1. The smallest absolute Gasteiger partial charge is 0.411 e. The fourth-order valence-corrected chi connectivity index (χ4v) is 5.48. The third kappa shape index (κ3) is 6.22. The van der Waals surface area contributed by atoms with Crippen LogP contribution in [0.3, 0.4) is 0 Å². The van der Waals surface area contributed by atoms with Crippen molar-refractivity contribution in [3.63, 3.8) is 0 Å². The van der Waals surface area contributed by atoms with Gasteiger partial charge in [0, 0.05) is 49.4 Å². The number of ether oxygens (including phenoxy) is 1. The summed E-state index contributed by atoms with van der Waals surface area (Å²) < 4.78 is 9.25. The van der Waals surface area contributed by atoms with Gasteiger partial charge in [-0.1, -0.05) is 37.3 Å². The van der Waals surface area contributed by atoms with Gasteiger partial charge in [0.25, 0.3) is 0 Å². The first-order valence-corrected chi connectivity index (χ1v) is 14.5. The van der Waals surface area contributed by atoms with Crippen LogP contribution in [0.15, 0.2) is 67.3 Å². The van der Waals surface area contributed by atoms with Gasteiger partial charge in [-0.25, -0.2) is 14.3 Å². The van der Waals surface area contributed by atoms with Crippen LogP contribution in [0, 0.1) is 0 Å². The molecule has 1 fully saturated rings. The maximum absolute atomic E-state index is 12.6. The normalized spacial score (nSPS) is 14.4. The summed E-state index contributed by atoms with van der Waals surface area (Å²) in [5, 5.41) is 16.4. The number of anilines is 3. The molecule has 0 radical (unpaired) electrons. The van der Waals surface area contributed by atoms with Crippen molar-refractivity contribution < 1.29 is 9.53 Å². The molecule has 42 heavy (non-hydrogen) atoms. The van der Waals surface area contributed by atoms with E-state index in [0.29, 0.717) is 31.1 Å². The summed E-state index contributed by atoms with van der Waals surface area (Å²) in [6, 6.07) is 16.5. The van der Waals surface area contributed by atoms with Gasteiger partial charge >= 0.3 is 6.09 Å². The van der Waals surface area contributed by atoms with Crippen molar-refractivity contribution in [1.29, 1.82) is 0 Å². The van der Waals surface area contributed by atoms with E-state index in [1.807, 2.05) is 48.3 Å². The summed E-state index contributed by atoms with van der Waals surface area (Å²) in [4.78, 5) is 21.9. The van der Waals surface area contributed by atoms with Crippen LogP contribution in [-0.2, 0) is 17.7 Å². The Morgan fingerprint density at radius 3 is 2.69 bits per heavy atom. The molecule has 0 spiro atoms. The van der Waals surface area contributed by atoms with Crippen LogP contribution >= 0.6 is 0 Å². The van der Waals surface area contributed by atoms with E-state index in [1.54, 1.807) is 4.52 Å². The number of carbonyl (C=O) groups is 1. The zero-order valence-corrected chi connectivity index (χ0v) is 24.2. The number of carbonyl (C=O) groups excluding carboxylic acids is 1. The van der Waals surface area contributed by atoms with E-state index < -0.39 is 6.09 Å². The van der Waals surface area contributed by atoms with Crippen LogP contribution in [0.25, 0.3) is 16.4 Å². The van der Waals surface area contributed by atoms with Crippen molar-refractivity contribution in [1.82, 2.24) is 34.2 Å². The van der Waals surface area contributed by atoms with Crippen molar-refractivity contribution in [2.45, 2.75) is 26.3 Å². The summed E-state index contributed by atoms with van der Waals surface area (Å²) in [6.07, 6.45) is 6.23. The molecule has 11 heteroatoms. The quantitative estimate of drug-likeness (QED) is 0.236. The zero-order chi connectivity index (χ0) is 28.9. The summed E-state index contributed by atoms with van der Waals surface area (Å²) in [5.74, 6) is 0.659. The Labute approximate surface area is 245 Å². The van der Waals surface area contributed by atoms with Crippen LogP contribution in [-0.4, -0.2) is 86.6 Å². The van der Waals surface area contributed by atoms with Crippen LogP contribution < -0.4 is 10.6 Å². The lowest BCUT2D eigenvalue weighted by Gasteiger charge is -2.32. The number of hydrogen-bond donors (Lipinski definition) is 2. The molecule has 218 valence electrons. The second-order valence-electron chi connectivity index (χ2n) is 10.7. The molecule has 6 rings (SSSR count). The van der Waals surface area contributed by atoms with Crippen molar-refractivity contribution in [2.24, 2.45) is 0 Å². The lowest BCUT2D eigenvalue weighted by molar-refractivity contribution is 0.130. The van der Waals surface area contributed by atoms with Crippen molar-refractivity contribution in [3.8, 4) is 0 Å². The largest absolute Gasteiger partial charge is 0.449 e. The third-order valence-corrected chi connectivity index (χ3v) is 7.80. The van der Waals surface area contributed by atoms with Gasteiger partial charge in [-0.05, 0) is 43.7 Å². The minimum absolute atomic E-state index is 0.379. The summed E-state index contributed by atoms with van der Waals surface area (Å²) in [5.41, 5.74) is 5.56. The number of hydrogen-bond acceptors (Lipinski definition) is 8. The third-order valence-electron chi connectivity index (χ3n) is 7.80. The molecule has 0 bridgehead atoms. The Kier molecular flexibility index (Phi) is 8.29. The highest BCUT2D eigenvalue weighted by Gasteiger charge is 2.18.